The van der Waals surface area contributed by atoms with Crippen LogP contribution in [0.5, 0.6) is 0 Å². The number of hydrogen-bond acceptors (Lipinski definition) is 28. The number of hydrogen-bond donors (Lipinski definition) is 21. The Balaban J connectivity index is 0.000000317. The number of carbonyl (C=O) groups is 1. The van der Waals surface area contributed by atoms with Crippen LogP contribution in [0.2, 0.25) is 0 Å². The Morgan fingerprint density at radius 3 is 1.45 bits per heavy atom. The normalized spacial score (nSPS) is 45.1. The summed E-state index contributed by atoms with van der Waals surface area (Å²) in [6.07, 6.45) is -35.1. The van der Waals surface area contributed by atoms with Crippen LogP contribution in [0.3, 0.4) is 0 Å². The fourth-order valence-corrected chi connectivity index (χ4v) is 5.82. The summed E-state index contributed by atoms with van der Waals surface area (Å²) in [6.45, 7) is -4.43. The summed E-state index contributed by atoms with van der Waals surface area (Å²) < 4.78 is 30.7. The third kappa shape index (κ3) is 12.2. The molecule has 0 aromatic rings. The van der Waals surface area contributed by atoms with Crippen LogP contribution < -0.4 is 0 Å². The molecule has 0 aromatic carbocycles. The van der Waals surface area contributed by atoms with Crippen LogP contribution in [0, 0.1) is 0 Å². The number of aliphatic hydroxyl groups excluding tert-OH is 21. The van der Waals surface area contributed by atoms with E-state index in [2.05, 4.69) is 0 Å². The summed E-state index contributed by atoms with van der Waals surface area (Å²) in [5, 5.41) is 197. The van der Waals surface area contributed by atoms with Crippen LogP contribution in [0.1, 0.15) is 0 Å². The molecular formula is C30H56O28. The first-order valence-corrected chi connectivity index (χ1v) is 17.5. The van der Waals surface area contributed by atoms with Crippen molar-refractivity contribution in [2.45, 2.75) is 141 Å². The number of rotatable bonds is 14. The Labute approximate surface area is 327 Å². The maximum Gasteiger partial charge on any atom is 0.224 e. The molecule has 0 saturated carbocycles. The number of aliphatic hydroxyl groups is 21. The van der Waals surface area contributed by atoms with Crippen molar-refractivity contribution in [2.75, 3.05) is 39.6 Å². The molecule has 58 heavy (non-hydrogen) atoms. The maximum atomic E-state index is 10.00. The van der Waals surface area contributed by atoms with Gasteiger partial charge in [0.05, 0.1) is 33.0 Å². The Kier molecular flexibility index (Phi) is 21.6. The van der Waals surface area contributed by atoms with Crippen LogP contribution in [-0.4, -0.2) is 294 Å². The van der Waals surface area contributed by atoms with Crippen molar-refractivity contribution in [3.63, 3.8) is 0 Å². The van der Waals surface area contributed by atoms with E-state index in [4.69, 9.17) is 69.3 Å². The van der Waals surface area contributed by atoms with Gasteiger partial charge >= 0.3 is 0 Å². The second-order valence-electron chi connectivity index (χ2n) is 13.4. The summed E-state index contributed by atoms with van der Waals surface area (Å²) in [5.74, 6) is -2.22. The number of aldehydes is 1. The zero-order valence-electron chi connectivity index (χ0n) is 30.3. The van der Waals surface area contributed by atoms with E-state index in [0.29, 0.717) is 0 Å². The molecule has 28 heteroatoms. The van der Waals surface area contributed by atoms with Crippen LogP contribution >= 0.6 is 0 Å². The number of ether oxygens (including phenoxy) is 6. The van der Waals surface area contributed by atoms with Crippen LogP contribution in [0.25, 0.3) is 0 Å². The molecule has 0 amide bonds. The highest BCUT2D eigenvalue weighted by atomic mass is 16.8. The van der Waals surface area contributed by atoms with Gasteiger partial charge in [-0.1, -0.05) is 0 Å². The average molecular weight is 865 g/mol. The third-order valence-electron chi connectivity index (χ3n) is 9.47. The first-order chi connectivity index (χ1) is 27.2. The summed E-state index contributed by atoms with van der Waals surface area (Å²) in [7, 11) is 0. The van der Waals surface area contributed by atoms with Gasteiger partial charge in [0.25, 0.3) is 0 Å². The summed E-state index contributed by atoms with van der Waals surface area (Å²) in [4.78, 5) is 9.90. The van der Waals surface area contributed by atoms with E-state index in [9.17, 15) is 71.2 Å². The molecule has 0 spiro atoms. The monoisotopic (exact) mass is 864 g/mol. The summed E-state index contributed by atoms with van der Waals surface area (Å²) in [5.41, 5.74) is 0. The lowest BCUT2D eigenvalue weighted by Crippen LogP contribution is -2.64. The van der Waals surface area contributed by atoms with E-state index in [0.717, 1.165) is 0 Å². The minimum Gasteiger partial charge on any atom is -0.394 e. The summed E-state index contributed by atoms with van der Waals surface area (Å²) in [6, 6.07) is 0. The molecule has 4 aliphatic rings. The maximum absolute atomic E-state index is 10.00. The zero-order valence-corrected chi connectivity index (χ0v) is 30.3. The molecule has 344 valence electrons. The van der Waals surface area contributed by atoms with Crippen molar-refractivity contribution in [1.29, 1.82) is 0 Å². The van der Waals surface area contributed by atoms with Crippen molar-refractivity contribution in [3.05, 3.63) is 0 Å². The van der Waals surface area contributed by atoms with E-state index in [1.165, 1.54) is 0 Å². The van der Waals surface area contributed by atoms with Gasteiger partial charge in [-0.25, -0.2) is 0 Å². The first-order valence-electron chi connectivity index (χ1n) is 17.5. The fraction of sp³-hybridized carbons (Fsp3) is 0.967. The summed E-state index contributed by atoms with van der Waals surface area (Å²) >= 11 is 0. The van der Waals surface area contributed by atoms with Gasteiger partial charge in [-0.05, 0) is 0 Å². The Morgan fingerprint density at radius 1 is 0.534 bits per heavy atom. The molecule has 4 fully saturated rings. The minimum atomic E-state index is -2.22. The molecule has 0 unspecified atom stereocenters. The molecule has 0 radical (unpaired) electrons. The standard InChI is InChI=1S/2C12H22O11.C6H12O6/c13-1-4-6(16)8(18)9(19)11(21-4)23-12(3-15)10(20)7(17)5(2-14)22-12;13-1-3-5(15)6(16)9(19)12(22-3)23-10-4(2-14)21-11(20)8(18)7(10)17;7-1-3(9)5(11)6(12)4(10)2-8/h4-11,13-20H,1-3H2;3-20H,1-2H2;1,3-6,8-12H,2H2/t4-,5-,6-,7-,8+,9-,10+,11-,12+;3-,4-,5+,6+,7-,8-,9-,10-,11-,12+;3-,4+,5+,6+/m110/s1. The molecule has 4 heterocycles. The zero-order chi connectivity index (χ0) is 44.4. The Hall–Kier alpha value is -1.41. The first kappa shape index (κ1) is 52.7. The predicted octanol–water partition coefficient (Wildman–Crippen LogP) is -14.2. The van der Waals surface area contributed by atoms with E-state index < -0.39 is 180 Å². The second kappa shape index (κ2) is 23.7. The molecule has 4 saturated heterocycles. The SMILES string of the molecule is O=C[C@H](O)[C@@H](O)[C@H](O)[C@H](O)CO.OC[C@H]1O[C@@H](O[C@H]2[C@H](O)[C@@H](O)[C@H](O)O[C@@H]2CO)[C@H](O)[C@@H](O)[C@H]1O.OC[C@H]1O[C@@](CO)(O[C@H]2O[C@H](CO)[C@@H](O)[C@H](O)[C@H]2O)[C@@H](O)[C@@H]1O. The van der Waals surface area contributed by atoms with Crippen molar-refractivity contribution < 1.29 is 140 Å². The van der Waals surface area contributed by atoms with Crippen molar-refractivity contribution in [1.82, 2.24) is 0 Å². The van der Waals surface area contributed by atoms with Gasteiger partial charge < -0.3 is 140 Å². The van der Waals surface area contributed by atoms with Gasteiger partial charge in [-0.2, -0.15) is 0 Å². The van der Waals surface area contributed by atoms with Gasteiger partial charge in [-0.3, -0.25) is 0 Å². The van der Waals surface area contributed by atoms with Gasteiger partial charge in [0.2, 0.25) is 5.79 Å². The molecule has 4 aliphatic heterocycles. The number of carbonyl (C=O) groups excluding carboxylic acids is 1. The van der Waals surface area contributed by atoms with Gasteiger partial charge in [0.15, 0.2) is 25.2 Å². The smallest absolute Gasteiger partial charge is 0.224 e. The van der Waals surface area contributed by atoms with Gasteiger partial charge in [-0.15, -0.1) is 0 Å². The predicted molar refractivity (Wildman–Crippen MR) is 174 cm³/mol. The van der Waals surface area contributed by atoms with E-state index in [1.807, 2.05) is 0 Å². The van der Waals surface area contributed by atoms with Crippen LogP contribution in [-0.2, 0) is 33.2 Å². The van der Waals surface area contributed by atoms with E-state index >= 15 is 0 Å². The van der Waals surface area contributed by atoms with Crippen LogP contribution in [0.15, 0.2) is 0 Å². The Bertz CT molecular complexity index is 1170. The molecular weight excluding hydrogens is 808 g/mol. The minimum absolute atomic E-state index is 0.0258. The molecule has 0 bridgehead atoms. The molecule has 21 N–H and O–H groups in total. The second-order valence-corrected chi connectivity index (χ2v) is 13.4. The average Bonchev–Trinajstić information content (AvgIpc) is 3.47. The van der Waals surface area contributed by atoms with Crippen molar-refractivity contribution in [3.8, 4) is 0 Å². The van der Waals surface area contributed by atoms with Gasteiger partial charge in [0.1, 0.15) is 123 Å². The van der Waals surface area contributed by atoms with Crippen molar-refractivity contribution in [2.24, 2.45) is 0 Å². The van der Waals surface area contributed by atoms with Crippen LogP contribution in [0.4, 0.5) is 0 Å². The largest absolute Gasteiger partial charge is 0.394 e. The Morgan fingerprint density at radius 2 is 1.02 bits per heavy atom. The molecule has 23 atom stereocenters. The highest BCUT2D eigenvalue weighted by Gasteiger charge is 2.58. The van der Waals surface area contributed by atoms with Gasteiger partial charge in [0, 0.05) is 0 Å². The topological polar surface area (TPSA) is 497 Å². The molecule has 0 aliphatic carbocycles. The molecule has 4 rings (SSSR count). The van der Waals surface area contributed by atoms with Crippen molar-refractivity contribution >= 4 is 6.29 Å². The lowest BCUT2D eigenvalue weighted by atomic mass is 9.97. The highest BCUT2D eigenvalue weighted by Crippen LogP contribution is 2.36. The molecule has 0 aromatic heterocycles. The lowest BCUT2D eigenvalue weighted by molar-refractivity contribution is -0.383. The van der Waals surface area contributed by atoms with E-state index in [-0.39, 0.29) is 6.29 Å². The molecule has 28 nitrogen and oxygen atoms in total. The highest BCUT2D eigenvalue weighted by molar-refractivity contribution is 5.56. The van der Waals surface area contributed by atoms with E-state index in [1.54, 1.807) is 0 Å². The third-order valence-corrected chi connectivity index (χ3v) is 9.47. The fourth-order valence-electron chi connectivity index (χ4n) is 5.82. The lowest BCUT2D eigenvalue weighted by Gasteiger charge is -2.45. The quantitative estimate of drug-likeness (QED) is 0.0721.